The van der Waals surface area contributed by atoms with E-state index < -0.39 is 0 Å². The van der Waals surface area contributed by atoms with Gasteiger partial charge in [0.25, 0.3) is 0 Å². The second-order valence-corrected chi connectivity index (χ2v) is 3.89. The first-order valence-electron chi connectivity index (χ1n) is 4.61. The van der Waals surface area contributed by atoms with Gasteiger partial charge in [-0.3, -0.25) is 0 Å². The van der Waals surface area contributed by atoms with Crippen molar-refractivity contribution in [1.29, 1.82) is 0 Å². The summed E-state index contributed by atoms with van der Waals surface area (Å²) in [6.45, 7) is 0.543. The van der Waals surface area contributed by atoms with Crippen LogP contribution in [0.1, 0.15) is 5.89 Å². The number of hydrogen-bond acceptors (Lipinski definition) is 5. The Bertz CT molecular complexity index is 436. The first-order chi connectivity index (χ1) is 7.35. The lowest BCUT2D eigenvalue weighted by Crippen LogP contribution is -2.02. The number of nitrogens with two attached hydrogens (primary N) is 1. The maximum Gasteiger partial charge on any atom is 0.196 e. The van der Waals surface area contributed by atoms with Crippen LogP contribution < -0.4 is 10.5 Å². The van der Waals surface area contributed by atoms with Gasteiger partial charge in [-0.2, -0.15) is 0 Å². The summed E-state index contributed by atoms with van der Waals surface area (Å²) in [6.07, 6.45) is 2.37. The van der Waals surface area contributed by atoms with Crippen LogP contribution in [-0.4, -0.2) is 18.6 Å². The van der Waals surface area contributed by atoms with Crippen molar-refractivity contribution in [2.24, 2.45) is 5.73 Å². The summed E-state index contributed by atoms with van der Waals surface area (Å²) in [7, 11) is 1.64. The molecule has 0 saturated heterocycles. The molecule has 2 N–H and O–H groups in total. The number of thiophene rings is 1. The van der Waals surface area contributed by atoms with E-state index in [0.717, 1.165) is 16.4 Å². The Kier molecular flexibility index (Phi) is 3.03. The Balaban J connectivity index is 2.28. The van der Waals surface area contributed by atoms with Gasteiger partial charge >= 0.3 is 0 Å². The third-order valence-electron chi connectivity index (χ3n) is 1.98. The van der Waals surface area contributed by atoms with Crippen molar-refractivity contribution in [1.82, 2.24) is 4.98 Å². The lowest BCUT2D eigenvalue weighted by atomic mass is 10.4. The summed E-state index contributed by atoms with van der Waals surface area (Å²) in [5, 5.41) is 1.96. The minimum Gasteiger partial charge on any atom is -0.495 e. The van der Waals surface area contributed by atoms with Crippen molar-refractivity contribution >= 4 is 11.3 Å². The molecule has 2 rings (SSSR count). The summed E-state index contributed by atoms with van der Waals surface area (Å²) in [5.41, 5.74) is 5.42. The third kappa shape index (κ3) is 2.03. The van der Waals surface area contributed by atoms with Gasteiger partial charge in [-0.15, -0.1) is 11.3 Å². The molecule has 0 amide bonds. The molecular formula is C10H12N2O2S. The molecule has 4 nitrogen and oxygen atoms in total. The fourth-order valence-electron chi connectivity index (χ4n) is 1.29. The Morgan fingerprint density at radius 1 is 1.60 bits per heavy atom. The van der Waals surface area contributed by atoms with E-state index in [1.807, 2.05) is 11.4 Å². The molecular weight excluding hydrogens is 212 g/mol. The van der Waals surface area contributed by atoms with E-state index in [4.69, 9.17) is 14.9 Å². The quantitative estimate of drug-likeness (QED) is 0.861. The van der Waals surface area contributed by atoms with Crippen molar-refractivity contribution in [3.63, 3.8) is 0 Å². The summed E-state index contributed by atoms with van der Waals surface area (Å²) in [4.78, 5) is 5.11. The molecule has 80 valence electrons. The van der Waals surface area contributed by atoms with Crippen molar-refractivity contribution in [3.05, 3.63) is 23.5 Å². The van der Waals surface area contributed by atoms with Crippen LogP contribution in [0.2, 0.25) is 0 Å². The highest BCUT2D eigenvalue weighted by atomic mass is 32.1. The van der Waals surface area contributed by atoms with E-state index in [1.54, 1.807) is 24.6 Å². The second-order valence-electron chi connectivity index (χ2n) is 2.98. The fourth-order valence-corrected chi connectivity index (χ4v) is 2.10. The van der Waals surface area contributed by atoms with E-state index in [0.29, 0.717) is 18.9 Å². The van der Waals surface area contributed by atoms with Crippen LogP contribution in [0.3, 0.4) is 0 Å². The molecule has 0 aliphatic heterocycles. The first kappa shape index (κ1) is 10.2. The Hall–Kier alpha value is -1.33. The maximum absolute atomic E-state index is 5.55. The van der Waals surface area contributed by atoms with Crippen LogP contribution in [0, 0.1) is 0 Å². The number of nitrogens with zero attached hydrogens (tertiary/aromatic N) is 1. The maximum atomic E-state index is 5.55. The normalized spacial score (nSPS) is 10.5. The van der Waals surface area contributed by atoms with Crippen LogP contribution in [0.15, 0.2) is 22.1 Å². The molecule has 0 atom stereocenters. The molecule has 15 heavy (non-hydrogen) atoms. The topological polar surface area (TPSA) is 61.3 Å². The van der Waals surface area contributed by atoms with Crippen LogP contribution in [0.5, 0.6) is 5.75 Å². The lowest BCUT2D eigenvalue weighted by Gasteiger charge is -1.97. The number of rotatable bonds is 4. The molecule has 2 aromatic rings. The molecule has 5 heteroatoms. The van der Waals surface area contributed by atoms with Gasteiger partial charge in [0.2, 0.25) is 0 Å². The van der Waals surface area contributed by atoms with Gasteiger partial charge in [-0.25, -0.2) is 4.98 Å². The second kappa shape index (κ2) is 4.46. The SMILES string of the molecule is COc1ccsc1-c1cnc(CCN)o1. The van der Waals surface area contributed by atoms with Crippen LogP contribution in [0.4, 0.5) is 0 Å². The number of ether oxygens (including phenoxy) is 1. The van der Waals surface area contributed by atoms with Crippen LogP contribution in [0.25, 0.3) is 10.6 Å². The summed E-state index contributed by atoms with van der Waals surface area (Å²) >= 11 is 1.57. The van der Waals surface area contributed by atoms with E-state index in [2.05, 4.69) is 4.98 Å². The number of oxazole rings is 1. The van der Waals surface area contributed by atoms with Gasteiger partial charge < -0.3 is 14.9 Å². The molecule has 0 saturated carbocycles. The number of hydrogen-bond donors (Lipinski definition) is 1. The van der Waals surface area contributed by atoms with Gasteiger partial charge in [-0.05, 0) is 11.4 Å². The van der Waals surface area contributed by atoms with Crippen molar-refractivity contribution in [2.45, 2.75) is 6.42 Å². The van der Waals surface area contributed by atoms with Gasteiger partial charge in [0.15, 0.2) is 11.7 Å². The van der Waals surface area contributed by atoms with E-state index in [-0.39, 0.29) is 0 Å². The zero-order valence-corrected chi connectivity index (χ0v) is 9.21. The summed E-state index contributed by atoms with van der Waals surface area (Å²) in [6, 6.07) is 1.91. The molecule has 2 heterocycles. The van der Waals surface area contributed by atoms with E-state index in [9.17, 15) is 0 Å². The number of methoxy groups -OCH3 is 1. The monoisotopic (exact) mass is 224 g/mol. The Morgan fingerprint density at radius 3 is 3.20 bits per heavy atom. The molecule has 0 aliphatic carbocycles. The standard InChI is InChI=1S/C10H12N2O2S/c1-13-7-3-5-15-10(7)8-6-12-9(14-8)2-4-11/h3,5-6H,2,4,11H2,1H3. The van der Waals surface area contributed by atoms with Crippen LogP contribution in [-0.2, 0) is 6.42 Å². The predicted molar refractivity (Wildman–Crippen MR) is 59.1 cm³/mol. The van der Waals surface area contributed by atoms with Crippen molar-refractivity contribution in [2.75, 3.05) is 13.7 Å². The highest BCUT2D eigenvalue weighted by Gasteiger charge is 2.12. The van der Waals surface area contributed by atoms with Gasteiger partial charge in [0.1, 0.15) is 10.6 Å². The fraction of sp³-hybridized carbons (Fsp3) is 0.300. The van der Waals surface area contributed by atoms with Gasteiger partial charge in [0.05, 0.1) is 13.3 Å². The number of aromatic nitrogens is 1. The minimum atomic E-state index is 0.543. The predicted octanol–water partition coefficient (Wildman–Crippen LogP) is 1.91. The van der Waals surface area contributed by atoms with E-state index in [1.165, 1.54) is 0 Å². The lowest BCUT2D eigenvalue weighted by molar-refractivity contribution is 0.416. The average Bonchev–Trinajstić information content (AvgIpc) is 2.84. The minimum absolute atomic E-state index is 0.543. The molecule has 0 radical (unpaired) electrons. The highest BCUT2D eigenvalue weighted by Crippen LogP contribution is 2.35. The molecule has 0 fully saturated rings. The van der Waals surface area contributed by atoms with E-state index >= 15 is 0 Å². The molecule has 0 aliphatic rings. The third-order valence-corrected chi connectivity index (χ3v) is 2.89. The van der Waals surface area contributed by atoms with Crippen molar-refractivity contribution in [3.8, 4) is 16.4 Å². The first-order valence-corrected chi connectivity index (χ1v) is 5.49. The summed E-state index contributed by atoms with van der Waals surface area (Å²) in [5.74, 6) is 2.23. The smallest absolute Gasteiger partial charge is 0.196 e. The zero-order valence-electron chi connectivity index (χ0n) is 8.40. The largest absolute Gasteiger partial charge is 0.495 e. The molecule has 0 unspecified atom stereocenters. The summed E-state index contributed by atoms with van der Waals surface area (Å²) < 4.78 is 10.8. The zero-order chi connectivity index (χ0) is 10.7. The molecule has 0 aromatic carbocycles. The average molecular weight is 224 g/mol. The molecule has 2 aromatic heterocycles. The molecule has 0 spiro atoms. The Morgan fingerprint density at radius 2 is 2.47 bits per heavy atom. The van der Waals surface area contributed by atoms with Gasteiger partial charge in [-0.1, -0.05) is 0 Å². The van der Waals surface area contributed by atoms with Crippen molar-refractivity contribution < 1.29 is 9.15 Å². The van der Waals surface area contributed by atoms with Crippen LogP contribution >= 0.6 is 11.3 Å². The molecule has 0 bridgehead atoms. The highest BCUT2D eigenvalue weighted by molar-refractivity contribution is 7.13. The van der Waals surface area contributed by atoms with Gasteiger partial charge in [0, 0.05) is 13.0 Å². The Labute approximate surface area is 91.7 Å².